The van der Waals surface area contributed by atoms with E-state index in [1.54, 1.807) is 5.38 Å². The first-order valence-electron chi connectivity index (χ1n) is 5.13. The second kappa shape index (κ2) is 5.95. The lowest BCUT2D eigenvalue weighted by Gasteiger charge is -2.02. The molecular formula is C10H15ClN2O2S2. The van der Waals surface area contributed by atoms with Crippen molar-refractivity contribution in [3.63, 3.8) is 0 Å². The van der Waals surface area contributed by atoms with Crippen LogP contribution in [0.2, 0.25) is 4.34 Å². The molecule has 0 bridgehead atoms. The molecule has 1 atom stereocenters. The summed E-state index contributed by atoms with van der Waals surface area (Å²) in [6.07, 6.45) is 0.978. The zero-order chi connectivity index (χ0) is 13.1. The Kier molecular flexibility index (Phi) is 5.12. The van der Waals surface area contributed by atoms with Gasteiger partial charge in [-0.3, -0.25) is 4.79 Å². The molecule has 96 valence electrons. The average Bonchev–Trinajstić information content (AvgIpc) is 2.62. The van der Waals surface area contributed by atoms with E-state index in [0.717, 1.165) is 0 Å². The van der Waals surface area contributed by atoms with Crippen LogP contribution in [0.15, 0.2) is 20.7 Å². The van der Waals surface area contributed by atoms with Crippen molar-refractivity contribution < 1.29 is 9.00 Å². The number of hydrogen-bond acceptors (Lipinski definition) is 3. The smallest absolute Gasteiger partial charge is 0.255 e. The van der Waals surface area contributed by atoms with Gasteiger partial charge in [-0.1, -0.05) is 25.4 Å². The lowest BCUT2D eigenvalue weighted by atomic mass is 10.1. The summed E-state index contributed by atoms with van der Waals surface area (Å²) in [5.74, 6) is -0.0212. The topological polar surface area (TPSA) is 72.5 Å². The number of nitrogens with two attached hydrogens (primary N) is 1. The highest BCUT2D eigenvalue weighted by molar-refractivity contribution is 7.91. The SMILES string of the molecule is CC(C)CCC(=O)N=S(N)(=O)c1csc(Cl)c1. The van der Waals surface area contributed by atoms with E-state index in [1.807, 2.05) is 13.8 Å². The fraction of sp³-hybridized carbons (Fsp3) is 0.500. The molecule has 2 N–H and O–H groups in total. The lowest BCUT2D eigenvalue weighted by molar-refractivity contribution is -0.117. The molecule has 0 aliphatic heterocycles. The van der Waals surface area contributed by atoms with Gasteiger partial charge < -0.3 is 0 Å². The first-order chi connectivity index (χ1) is 7.81. The van der Waals surface area contributed by atoms with E-state index in [-0.39, 0.29) is 6.42 Å². The molecular weight excluding hydrogens is 280 g/mol. The molecule has 7 heteroatoms. The Balaban J connectivity index is 2.83. The molecule has 0 fully saturated rings. The molecule has 0 spiro atoms. The molecule has 0 saturated carbocycles. The molecule has 1 aromatic rings. The summed E-state index contributed by atoms with van der Waals surface area (Å²) in [5, 5.41) is 7.11. The van der Waals surface area contributed by atoms with Crippen LogP contribution in [0.3, 0.4) is 0 Å². The highest BCUT2D eigenvalue weighted by atomic mass is 35.5. The first kappa shape index (κ1) is 14.6. The van der Waals surface area contributed by atoms with E-state index in [9.17, 15) is 9.00 Å². The van der Waals surface area contributed by atoms with Crippen molar-refractivity contribution in [1.82, 2.24) is 0 Å². The number of nitrogens with zero attached hydrogens (tertiary/aromatic N) is 1. The quantitative estimate of drug-likeness (QED) is 0.927. The fourth-order valence-electron chi connectivity index (χ4n) is 1.11. The normalized spacial score (nSPS) is 14.6. The Hall–Kier alpha value is -0.430. The Morgan fingerprint density at radius 3 is 2.76 bits per heavy atom. The second-order valence-corrected chi connectivity index (χ2v) is 7.41. The van der Waals surface area contributed by atoms with Gasteiger partial charge in [0.1, 0.15) is 9.92 Å². The molecule has 1 amide bonds. The van der Waals surface area contributed by atoms with Crippen molar-refractivity contribution in [3.8, 4) is 0 Å². The van der Waals surface area contributed by atoms with Gasteiger partial charge >= 0.3 is 0 Å². The Labute approximate surface area is 110 Å². The molecule has 17 heavy (non-hydrogen) atoms. The minimum Gasteiger partial charge on any atom is -0.272 e. The summed E-state index contributed by atoms with van der Waals surface area (Å²) in [4.78, 5) is 11.8. The molecule has 4 nitrogen and oxygen atoms in total. The lowest BCUT2D eigenvalue weighted by Crippen LogP contribution is -2.14. The molecule has 0 radical (unpaired) electrons. The van der Waals surface area contributed by atoms with Crippen LogP contribution < -0.4 is 5.14 Å². The van der Waals surface area contributed by atoms with Gasteiger partial charge in [-0.25, -0.2) is 9.35 Å². The van der Waals surface area contributed by atoms with Crippen LogP contribution in [-0.2, 0) is 14.7 Å². The van der Waals surface area contributed by atoms with Crippen LogP contribution >= 0.6 is 22.9 Å². The third-order valence-corrected chi connectivity index (χ3v) is 4.68. The van der Waals surface area contributed by atoms with Crippen LogP contribution in [0.4, 0.5) is 0 Å². The molecule has 1 unspecified atom stereocenters. The monoisotopic (exact) mass is 294 g/mol. The van der Waals surface area contributed by atoms with Crippen molar-refractivity contribution >= 4 is 38.8 Å². The van der Waals surface area contributed by atoms with Gasteiger partial charge in [0.25, 0.3) is 5.91 Å². The third-order valence-electron chi connectivity index (χ3n) is 2.05. The maximum atomic E-state index is 12.0. The highest BCUT2D eigenvalue weighted by Crippen LogP contribution is 2.23. The standard InChI is InChI=1S/C10H15ClN2O2S2/c1-7(2)3-4-10(14)13-17(12,15)8-5-9(11)16-6-8/h5-7H,3-4H2,1-2H3,(H2,12,13,14,15). The maximum Gasteiger partial charge on any atom is 0.255 e. The molecule has 1 aromatic heterocycles. The van der Waals surface area contributed by atoms with Crippen molar-refractivity contribution in [2.24, 2.45) is 15.4 Å². The highest BCUT2D eigenvalue weighted by Gasteiger charge is 2.12. The molecule has 1 heterocycles. The Morgan fingerprint density at radius 2 is 2.29 bits per heavy atom. The van der Waals surface area contributed by atoms with Gasteiger partial charge in [-0.05, 0) is 18.4 Å². The molecule has 0 aromatic carbocycles. The van der Waals surface area contributed by atoms with Crippen LogP contribution in [0.1, 0.15) is 26.7 Å². The van der Waals surface area contributed by atoms with Crippen molar-refractivity contribution in [1.29, 1.82) is 0 Å². The number of hydrogen-bond donors (Lipinski definition) is 1. The van der Waals surface area contributed by atoms with Crippen molar-refractivity contribution in [2.75, 3.05) is 0 Å². The Bertz CT molecular complexity index is 516. The van der Waals surface area contributed by atoms with Gasteiger partial charge in [-0.2, -0.15) is 0 Å². The van der Waals surface area contributed by atoms with E-state index in [4.69, 9.17) is 16.7 Å². The van der Waals surface area contributed by atoms with Crippen LogP contribution in [0.5, 0.6) is 0 Å². The van der Waals surface area contributed by atoms with E-state index >= 15 is 0 Å². The predicted molar refractivity (Wildman–Crippen MR) is 71.4 cm³/mol. The number of rotatable bonds is 4. The van der Waals surface area contributed by atoms with Crippen LogP contribution in [0, 0.1) is 5.92 Å². The molecule has 0 aliphatic carbocycles. The summed E-state index contributed by atoms with van der Waals surface area (Å²) in [6.45, 7) is 4.01. The Morgan fingerprint density at radius 1 is 1.65 bits per heavy atom. The largest absolute Gasteiger partial charge is 0.272 e. The summed E-state index contributed by atoms with van der Waals surface area (Å²) in [6, 6.07) is 1.48. The van der Waals surface area contributed by atoms with E-state index in [1.165, 1.54) is 17.4 Å². The maximum absolute atomic E-state index is 12.0. The third kappa shape index (κ3) is 4.75. The fourth-order valence-corrected chi connectivity index (χ4v) is 3.47. The summed E-state index contributed by atoms with van der Waals surface area (Å²) in [5.41, 5.74) is 0. The number of thiophene rings is 1. The number of amides is 1. The summed E-state index contributed by atoms with van der Waals surface area (Å²) >= 11 is 6.93. The van der Waals surface area contributed by atoms with Gasteiger partial charge in [0.2, 0.25) is 0 Å². The molecule has 1 rings (SSSR count). The van der Waals surface area contributed by atoms with Crippen molar-refractivity contribution in [2.45, 2.75) is 31.6 Å². The first-order valence-corrected chi connectivity index (χ1v) is 7.96. The molecule has 0 aliphatic rings. The van der Waals surface area contributed by atoms with Gasteiger partial charge in [0.15, 0.2) is 0 Å². The zero-order valence-electron chi connectivity index (χ0n) is 9.68. The number of carbonyl (C=O) groups excluding carboxylic acids is 1. The zero-order valence-corrected chi connectivity index (χ0v) is 12.1. The second-order valence-electron chi connectivity index (χ2n) is 4.07. The van der Waals surface area contributed by atoms with E-state index in [2.05, 4.69) is 4.36 Å². The summed E-state index contributed by atoms with van der Waals surface area (Å²) < 4.78 is 16.0. The van der Waals surface area contributed by atoms with Crippen LogP contribution in [0.25, 0.3) is 0 Å². The van der Waals surface area contributed by atoms with Crippen LogP contribution in [-0.4, -0.2) is 10.1 Å². The van der Waals surface area contributed by atoms with Gasteiger partial charge in [0, 0.05) is 11.8 Å². The minimum atomic E-state index is -3.14. The number of halogens is 1. The summed E-state index contributed by atoms with van der Waals surface area (Å²) in [7, 11) is -3.14. The van der Waals surface area contributed by atoms with Gasteiger partial charge in [0.05, 0.1) is 9.23 Å². The van der Waals surface area contributed by atoms with Gasteiger partial charge in [-0.15, -0.1) is 15.7 Å². The average molecular weight is 295 g/mol. The molecule has 0 saturated heterocycles. The number of carbonyl (C=O) groups is 1. The van der Waals surface area contributed by atoms with E-state index in [0.29, 0.717) is 21.6 Å². The van der Waals surface area contributed by atoms with E-state index < -0.39 is 15.8 Å². The minimum absolute atomic E-state index is 0.268. The predicted octanol–water partition coefficient (Wildman–Crippen LogP) is 3.06. The van der Waals surface area contributed by atoms with Crippen molar-refractivity contribution in [3.05, 3.63) is 15.8 Å².